The number of thiazole rings is 1. The van der Waals surface area contributed by atoms with Crippen LogP contribution in [-0.2, 0) is 11.3 Å². The molecule has 1 aromatic carbocycles. The van der Waals surface area contributed by atoms with Gasteiger partial charge >= 0.3 is 0 Å². The molecular weight excluding hydrogens is 334 g/mol. The van der Waals surface area contributed by atoms with Crippen LogP contribution in [0.1, 0.15) is 24.3 Å². The molecule has 25 heavy (non-hydrogen) atoms. The Hall–Kier alpha value is -2.18. The van der Waals surface area contributed by atoms with Crippen molar-refractivity contribution >= 4 is 28.1 Å². The number of carbonyl (C=O) groups is 1. The number of amides is 1. The first kappa shape index (κ1) is 17.6. The molecule has 0 saturated carbocycles. The largest absolute Gasteiger partial charge is 0.383 e. The van der Waals surface area contributed by atoms with Gasteiger partial charge < -0.3 is 14.2 Å². The van der Waals surface area contributed by atoms with E-state index in [9.17, 15) is 4.79 Å². The molecule has 0 N–H and O–H groups in total. The minimum Gasteiger partial charge on any atom is -0.383 e. The lowest BCUT2D eigenvalue weighted by Crippen LogP contribution is -2.30. The Morgan fingerprint density at radius 1 is 1.28 bits per heavy atom. The molecule has 132 valence electrons. The lowest BCUT2D eigenvalue weighted by Gasteiger charge is -2.16. The van der Waals surface area contributed by atoms with E-state index >= 15 is 0 Å². The van der Waals surface area contributed by atoms with Crippen molar-refractivity contribution in [3.8, 4) is 10.7 Å². The lowest BCUT2D eigenvalue weighted by atomic mass is 10.2. The summed E-state index contributed by atoms with van der Waals surface area (Å²) in [4.78, 5) is 18.9. The van der Waals surface area contributed by atoms with E-state index < -0.39 is 0 Å². The van der Waals surface area contributed by atoms with Crippen LogP contribution >= 0.6 is 11.3 Å². The molecule has 1 amide bonds. The van der Waals surface area contributed by atoms with E-state index in [0.717, 1.165) is 22.8 Å². The summed E-state index contributed by atoms with van der Waals surface area (Å²) in [5.74, 6) is -0.00736. The fraction of sp³-hybridized carbons (Fsp3) is 0.368. The number of fused-ring (bicyclic) bond motifs is 1. The van der Waals surface area contributed by atoms with E-state index in [2.05, 4.69) is 27.8 Å². The molecule has 3 rings (SSSR count). The zero-order chi connectivity index (χ0) is 17.8. The van der Waals surface area contributed by atoms with Crippen LogP contribution in [0.15, 0.2) is 35.7 Å². The van der Waals surface area contributed by atoms with E-state index in [1.54, 1.807) is 12.0 Å². The second kappa shape index (κ2) is 7.80. The van der Waals surface area contributed by atoms with Crippen molar-refractivity contribution in [3.05, 3.63) is 41.4 Å². The Morgan fingerprint density at radius 2 is 2.04 bits per heavy atom. The van der Waals surface area contributed by atoms with Gasteiger partial charge in [0, 0.05) is 43.0 Å². The van der Waals surface area contributed by atoms with Crippen molar-refractivity contribution in [2.75, 3.05) is 26.8 Å². The fourth-order valence-corrected chi connectivity index (χ4v) is 3.79. The molecule has 3 aromatic rings. The van der Waals surface area contributed by atoms with E-state index in [1.165, 1.54) is 16.7 Å². The summed E-state index contributed by atoms with van der Waals surface area (Å²) in [6, 6.07) is 10.4. The molecule has 0 aliphatic rings. The highest BCUT2D eigenvalue weighted by molar-refractivity contribution is 7.13. The molecule has 0 bridgehead atoms. The highest BCUT2D eigenvalue weighted by Gasteiger charge is 2.19. The van der Waals surface area contributed by atoms with Crippen LogP contribution in [0.25, 0.3) is 21.6 Å². The second-order valence-corrected chi connectivity index (χ2v) is 6.61. The highest BCUT2D eigenvalue weighted by atomic mass is 32.1. The number of ether oxygens (including phenoxy) is 1. The number of rotatable bonds is 7. The molecule has 0 spiro atoms. The Morgan fingerprint density at radius 3 is 2.76 bits per heavy atom. The maximum Gasteiger partial charge on any atom is 0.273 e. The second-order valence-electron chi connectivity index (χ2n) is 5.75. The zero-order valence-corrected chi connectivity index (χ0v) is 15.7. The first-order chi connectivity index (χ1) is 12.2. The summed E-state index contributed by atoms with van der Waals surface area (Å²) in [5, 5.41) is 3.89. The van der Waals surface area contributed by atoms with Crippen molar-refractivity contribution in [1.29, 1.82) is 0 Å². The number of hydrogen-bond donors (Lipinski definition) is 0. The molecule has 0 atom stereocenters. The summed E-state index contributed by atoms with van der Waals surface area (Å²) in [5.41, 5.74) is 2.70. The van der Waals surface area contributed by atoms with Gasteiger partial charge in [-0.05, 0) is 26.0 Å². The fourth-order valence-electron chi connectivity index (χ4n) is 2.97. The summed E-state index contributed by atoms with van der Waals surface area (Å²) < 4.78 is 7.47. The normalized spacial score (nSPS) is 11.2. The molecule has 0 radical (unpaired) electrons. The van der Waals surface area contributed by atoms with Crippen molar-refractivity contribution in [2.24, 2.45) is 0 Å². The van der Waals surface area contributed by atoms with Crippen LogP contribution in [0.3, 0.4) is 0 Å². The molecule has 5 nitrogen and oxygen atoms in total. The molecule has 0 unspecified atom stereocenters. The minimum absolute atomic E-state index is 0.00736. The Bertz CT molecular complexity index is 865. The number of para-hydroxylation sites is 1. The molecule has 0 fully saturated rings. The SMILES string of the molecule is CCN(CC)C(=O)c1csc(-c2cc3ccccc3n2CCOC)n1. The minimum atomic E-state index is -0.00736. The first-order valence-electron chi connectivity index (χ1n) is 8.52. The van der Waals surface area contributed by atoms with Crippen LogP contribution in [0, 0.1) is 0 Å². The standard InChI is InChI=1S/C19H23N3O2S/c1-4-21(5-2)19(23)15-13-25-18(20-15)17-12-14-8-6-7-9-16(14)22(17)10-11-24-3/h6-9,12-13H,4-5,10-11H2,1-3H3. The van der Waals surface area contributed by atoms with E-state index in [4.69, 9.17) is 4.74 Å². The molecule has 0 aliphatic heterocycles. The molecular formula is C19H23N3O2S. The average molecular weight is 357 g/mol. The van der Waals surface area contributed by atoms with E-state index in [-0.39, 0.29) is 5.91 Å². The quantitative estimate of drug-likeness (QED) is 0.644. The van der Waals surface area contributed by atoms with Gasteiger partial charge in [0.2, 0.25) is 0 Å². The highest BCUT2D eigenvalue weighted by Crippen LogP contribution is 2.30. The molecule has 6 heteroatoms. The third-order valence-corrected chi connectivity index (χ3v) is 5.19. The van der Waals surface area contributed by atoms with Crippen LogP contribution in [0.2, 0.25) is 0 Å². The number of nitrogens with zero attached hydrogens (tertiary/aromatic N) is 3. The molecule has 2 aromatic heterocycles. The summed E-state index contributed by atoms with van der Waals surface area (Å²) in [6.45, 7) is 6.72. The maximum atomic E-state index is 12.5. The van der Waals surface area contributed by atoms with Gasteiger partial charge in [-0.15, -0.1) is 11.3 Å². The van der Waals surface area contributed by atoms with Crippen molar-refractivity contribution in [3.63, 3.8) is 0 Å². The number of hydrogen-bond acceptors (Lipinski definition) is 4. The predicted molar refractivity (Wildman–Crippen MR) is 102 cm³/mol. The number of carbonyl (C=O) groups excluding carboxylic acids is 1. The van der Waals surface area contributed by atoms with Crippen LogP contribution < -0.4 is 0 Å². The van der Waals surface area contributed by atoms with Crippen LogP contribution in [-0.4, -0.2) is 47.2 Å². The van der Waals surface area contributed by atoms with Gasteiger partial charge in [0.15, 0.2) is 0 Å². The summed E-state index contributed by atoms with van der Waals surface area (Å²) in [7, 11) is 1.70. The van der Waals surface area contributed by atoms with Gasteiger partial charge in [-0.25, -0.2) is 4.98 Å². The number of benzene rings is 1. The van der Waals surface area contributed by atoms with Crippen molar-refractivity contribution in [1.82, 2.24) is 14.5 Å². The zero-order valence-electron chi connectivity index (χ0n) is 14.9. The predicted octanol–water partition coefficient (Wildman–Crippen LogP) is 3.89. The van der Waals surface area contributed by atoms with Gasteiger partial charge in [-0.2, -0.15) is 0 Å². The van der Waals surface area contributed by atoms with Gasteiger partial charge in [0.05, 0.1) is 12.3 Å². The third-order valence-electron chi connectivity index (χ3n) is 4.32. The monoisotopic (exact) mass is 357 g/mol. The van der Waals surface area contributed by atoms with Gasteiger partial charge in [-0.1, -0.05) is 18.2 Å². The maximum absolute atomic E-state index is 12.5. The topological polar surface area (TPSA) is 47.4 Å². The van der Waals surface area contributed by atoms with Gasteiger partial charge in [-0.3, -0.25) is 4.79 Å². The smallest absolute Gasteiger partial charge is 0.273 e. The lowest BCUT2D eigenvalue weighted by molar-refractivity contribution is 0.0768. The first-order valence-corrected chi connectivity index (χ1v) is 9.39. The Balaban J connectivity index is 2.00. The summed E-state index contributed by atoms with van der Waals surface area (Å²) >= 11 is 1.51. The van der Waals surface area contributed by atoms with Gasteiger partial charge in [0.1, 0.15) is 10.7 Å². The van der Waals surface area contributed by atoms with E-state index in [0.29, 0.717) is 25.4 Å². The average Bonchev–Trinajstić information content (AvgIpc) is 3.25. The number of methoxy groups -OCH3 is 1. The van der Waals surface area contributed by atoms with Crippen LogP contribution in [0.4, 0.5) is 0 Å². The number of aromatic nitrogens is 2. The van der Waals surface area contributed by atoms with Crippen molar-refractivity contribution < 1.29 is 9.53 Å². The Kier molecular flexibility index (Phi) is 5.50. The van der Waals surface area contributed by atoms with E-state index in [1.807, 2.05) is 31.4 Å². The molecule has 0 saturated heterocycles. The third kappa shape index (κ3) is 3.45. The van der Waals surface area contributed by atoms with Gasteiger partial charge in [0.25, 0.3) is 5.91 Å². The van der Waals surface area contributed by atoms with Crippen molar-refractivity contribution in [2.45, 2.75) is 20.4 Å². The molecule has 2 heterocycles. The van der Waals surface area contributed by atoms with Crippen LogP contribution in [0.5, 0.6) is 0 Å². The Labute approximate surface area is 151 Å². The molecule has 0 aliphatic carbocycles. The summed E-state index contributed by atoms with van der Waals surface area (Å²) in [6.07, 6.45) is 0.